The van der Waals surface area contributed by atoms with E-state index in [0.29, 0.717) is 25.2 Å². The van der Waals surface area contributed by atoms with Gasteiger partial charge in [-0.15, -0.1) is 0 Å². The highest BCUT2D eigenvalue weighted by molar-refractivity contribution is 6.11. The van der Waals surface area contributed by atoms with Crippen molar-refractivity contribution in [2.75, 3.05) is 18.4 Å². The van der Waals surface area contributed by atoms with Crippen LogP contribution in [0.15, 0.2) is 30.3 Å². The molecule has 2 heterocycles. The van der Waals surface area contributed by atoms with E-state index in [4.69, 9.17) is 11.1 Å². The molecule has 0 bridgehead atoms. The highest BCUT2D eigenvalue weighted by atomic mass is 16.4. The average Bonchev–Trinajstić information content (AvgIpc) is 2.64. The predicted octanol–water partition coefficient (Wildman–Crippen LogP) is 1.13. The monoisotopic (exact) mass is 373 g/mol. The molecule has 2 fully saturated rings. The third kappa shape index (κ3) is 3.86. The Labute approximate surface area is 156 Å². The Kier molecular flexibility index (Phi) is 5.29. The van der Waals surface area contributed by atoms with Crippen LogP contribution < -0.4 is 11.1 Å². The van der Waals surface area contributed by atoms with Crippen molar-refractivity contribution in [3.63, 3.8) is 0 Å². The topological polar surface area (TPSA) is 140 Å². The Hall–Kier alpha value is -3.10. The number of likely N-dealkylation sites (tertiary alicyclic amines) is 2. The van der Waals surface area contributed by atoms with Gasteiger partial charge in [0.2, 0.25) is 5.91 Å². The number of carbonyl (C=O) groups excluding carboxylic acids is 2. The van der Waals surface area contributed by atoms with Gasteiger partial charge in [0, 0.05) is 18.8 Å². The van der Waals surface area contributed by atoms with Crippen LogP contribution in [0.5, 0.6) is 0 Å². The van der Waals surface area contributed by atoms with Crippen molar-refractivity contribution in [3.05, 3.63) is 30.3 Å². The number of nitrogens with one attached hydrogen (secondary N) is 2. The number of hydrogen-bond donors (Lipinski definition) is 4. The summed E-state index contributed by atoms with van der Waals surface area (Å²) >= 11 is 0. The summed E-state index contributed by atoms with van der Waals surface area (Å²) in [5.74, 6) is -2.12. The van der Waals surface area contributed by atoms with Crippen LogP contribution in [-0.2, 0) is 9.59 Å². The van der Waals surface area contributed by atoms with Crippen LogP contribution >= 0.6 is 0 Å². The van der Waals surface area contributed by atoms with Gasteiger partial charge in [-0.1, -0.05) is 18.2 Å². The minimum absolute atomic E-state index is 0.0281. The van der Waals surface area contributed by atoms with Crippen LogP contribution in [0.3, 0.4) is 0 Å². The number of carboxylic acid groups (broad SMARTS) is 1. The summed E-state index contributed by atoms with van der Waals surface area (Å²) in [5, 5.41) is 19.5. The number of guanidine groups is 1. The Balaban J connectivity index is 1.61. The van der Waals surface area contributed by atoms with E-state index in [2.05, 4.69) is 5.32 Å². The molecule has 27 heavy (non-hydrogen) atoms. The first-order valence-electron chi connectivity index (χ1n) is 8.89. The average molecular weight is 373 g/mol. The first-order valence-corrected chi connectivity index (χ1v) is 8.89. The number of aliphatic carboxylic acids is 1. The van der Waals surface area contributed by atoms with Crippen molar-refractivity contribution in [2.45, 2.75) is 25.3 Å². The maximum Gasteiger partial charge on any atom is 0.329 e. The molecular weight excluding hydrogens is 350 g/mol. The zero-order chi connectivity index (χ0) is 19.6. The normalized spacial score (nSPS) is 22.9. The minimum Gasteiger partial charge on any atom is -0.480 e. The summed E-state index contributed by atoms with van der Waals surface area (Å²) in [6.45, 7) is 1.24. The number of hydrogen-bond acceptors (Lipinski definition) is 4. The largest absolute Gasteiger partial charge is 0.480 e. The number of amides is 3. The fourth-order valence-electron chi connectivity index (χ4n) is 3.76. The Morgan fingerprint density at radius 1 is 1.22 bits per heavy atom. The number of imide groups is 1. The van der Waals surface area contributed by atoms with Crippen LogP contribution in [0, 0.1) is 17.2 Å². The molecule has 2 atom stereocenters. The molecule has 9 heteroatoms. The van der Waals surface area contributed by atoms with Gasteiger partial charge in [0.1, 0.15) is 0 Å². The number of carbonyl (C=O) groups is 3. The third-order valence-electron chi connectivity index (χ3n) is 5.25. The number of urea groups is 1. The number of piperidine rings is 1. The molecule has 0 aromatic heterocycles. The fraction of sp³-hybridized carbons (Fsp3) is 0.444. The van der Waals surface area contributed by atoms with Gasteiger partial charge in [0.05, 0.1) is 5.92 Å². The molecule has 0 spiro atoms. The maximum atomic E-state index is 12.5. The van der Waals surface area contributed by atoms with E-state index < -0.39 is 29.9 Å². The molecule has 0 unspecified atom stereocenters. The molecule has 2 saturated heterocycles. The van der Waals surface area contributed by atoms with E-state index in [1.165, 1.54) is 0 Å². The lowest BCUT2D eigenvalue weighted by Gasteiger charge is -2.44. The lowest BCUT2D eigenvalue weighted by molar-refractivity contribution is -0.166. The number of carboxylic acids is 1. The van der Waals surface area contributed by atoms with E-state index in [0.717, 1.165) is 17.7 Å². The van der Waals surface area contributed by atoms with Crippen LogP contribution in [0.25, 0.3) is 0 Å². The van der Waals surface area contributed by atoms with Gasteiger partial charge in [0.25, 0.3) is 0 Å². The summed E-state index contributed by atoms with van der Waals surface area (Å²) in [6.07, 6.45) is 1.91. The highest BCUT2D eigenvalue weighted by Crippen LogP contribution is 2.36. The van der Waals surface area contributed by atoms with Gasteiger partial charge in [0.15, 0.2) is 12.0 Å². The van der Waals surface area contributed by atoms with Crippen molar-refractivity contribution < 1.29 is 19.5 Å². The second-order valence-corrected chi connectivity index (χ2v) is 6.95. The fourth-order valence-corrected chi connectivity index (χ4v) is 3.76. The molecular formula is C18H23N5O4. The van der Waals surface area contributed by atoms with Crippen LogP contribution in [0.4, 0.5) is 10.5 Å². The van der Waals surface area contributed by atoms with Crippen LogP contribution in [0.1, 0.15) is 19.3 Å². The Morgan fingerprint density at radius 2 is 1.85 bits per heavy atom. The second kappa shape index (κ2) is 7.65. The molecule has 0 aliphatic carbocycles. The molecule has 0 radical (unpaired) electrons. The Bertz CT molecular complexity index is 745. The molecule has 144 valence electrons. The zero-order valence-corrected chi connectivity index (χ0v) is 14.8. The quantitative estimate of drug-likeness (QED) is 0.354. The summed E-state index contributed by atoms with van der Waals surface area (Å²) in [6, 6.07) is 6.72. The molecule has 3 amide bonds. The number of benzene rings is 1. The van der Waals surface area contributed by atoms with Crippen molar-refractivity contribution in [2.24, 2.45) is 17.6 Å². The number of nitrogens with zero attached hydrogens (tertiary/aromatic N) is 2. The molecule has 0 saturated carbocycles. The maximum absolute atomic E-state index is 12.5. The minimum atomic E-state index is -1.18. The molecule has 2 aliphatic heterocycles. The second-order valence-electron chi connectivity index (χ2n) is 6.95. The van der Waals surface area contributed by atoms with E-state index in [1.807, 2.05) is 0 Å². The number of anilines is 1. The third-order valence-corrected chi connectivity index (χ3v) is 5.25. The van der Waals surface area contributed by atoms with Gasteiger partial charge in [-0.25, -0.2) is 14.5 Å². The van der Waals surface area contributed by atoms with Gasteiger partial charge in [-0.05, 0) is 37.3 Å². The lowest BCUT2D eigenvalue weighted by Crippen LogP contribution is -2.67. The van der Waals surface area contributed by atoms with Crippen LogP contribution in [0.2, 0.25) is 0 Å². The van der Waals surface area contributed by atoms with E-state index in [9.17, 15) is 19.5 Å². The van der Waals surface area contributed by atoms with Crippen molar-refractivity contribution in [3.8, 4) is 0 Å². The van der Waals surface area contributed by atoms with Gasteiger partial charge < -0.3 is 21.1 Å². The van der Waals surface area contributed by atoms with E-state index in [1.54, 1.807) is 35.2 Å². The summed E-state index contributed by atoms with van der Waals surface area (Å²) in [4.78, 5) is 39.1. The smallest absolute Gasteiger partial charge is 0.329 e. The SMILES string of the molecule is N=C(N)N1CCC(C[C@H]2C(=O)N(C(=O)Nc3ccccc3)[C@@H]2C(=O)O)CC1. The van der Waals surface area contributed by atoms with Gasteiger partial charge in [-0.2, -0.15) is 0 Å². The predicted molar refractivity (Wildman–Crippen MR) is 98.0 cm³/mol. The number of rotatable bonds is 4. The molecule has 2 aliphatic rings. The lowest BCUT2D eigenvalue weighted by atomic mass is 9.77. The van der Waals surface area contributed by atoms with Crippen molar-refractivity contribution in [1.82, 2.24) is 9.80 Å². The summed E-state index contributed by atoms with van der Waals surface area (Å²) in [5.41, 5.74) is 5.98. The molecule has 1 aromatic rings. The number of nitrogens with two attached hydrogens (primary N) is 1. The van der Waals surface area contributed by atoms with Gasteiger partial charge >= 0.3 is 12.0 Å². The standard InChI is InChI=1S/C18H23N5O4/c19-17(20)22-8-6-11(7-9-22)10-13-14(16(25)26)23(15(13)24)18(27)21-12-4-2-1-3-5-12/h1-5,11,13-14H,6-10H2,(H3,19,20)(H,21,27)(H,25,26)/t13-,14+/m1/s1. The van der Waals surface area contributed by atoms with Crippen molar-refractivity contribution in [1.29, 1.82) is 5.41 Å². The van der Waals surface area contributed by atoms with Crippen LogP contribution in [-0.4, -0.2) is 57.9 Å². The van der Waals surface area contributed by atoms with Gasteiger partial charge in [-0.3, -0.25) is 10.2 Å². The van der Waals surface area contributed by atoms with E-state index >= 15 is 0 Å². The summed E-state index contributed by atoms with van der Waals surface area (Å²) < 4.78 is 0. The first kappa shape index (κ1) is 18.7. The number of para-hydroxylation sites is 1. The Morgan fingerprint density at radius 3 is 2.41 bits per heavy atom. The zero-order valence-electron chi connectivity index (χ0n) is 14.8. The van der Waals surface area contributed by atoms with E-state index in [-0.39, 0.29) is 11.9 Å². The number of β-lactam (4-membered cyclic amide) rings is 1. The highest BCUT2D eigenvalue weighted by Gasteiger charge is 2.55. The molecule has 9 nitrogen and oxygen atoms in total. The summed E-state index contributed by atoms with van der Waals surface area (Å²) in [7, 11) is 0. The molecule has 3 rings (SSSR count). The molecule has 5 N–H and O–H groups in total. The first-order chi connectivity index (χ1) is 12.9. The molecule has 1 aromatic carbocycles. The van der Waals surface area contributed by atoms with Crippen molar-refractivity contribution >= 4 is 29.6 Å².